The number of pyridine rings is 2. The molecule has 0 aromatic carbocycles. The molecule has 32 amide bonds. The van der Waals surface area contributed by atoms with Crippen LogP contribution in [0.4, 0.5) is 76.7 Å². The molecule has 0 radical (unpaired) electrons. The Hall–Kier alpha value is -12.8. The molecule has 24 aliphatic rings. The molecule has 50 nitrogen and oxygen atoms in total. The standard InChI is InChI=1S/C48H48N32O16.C12H14N2.2ClH/c81-33-49-1-50-18-20-54(34(50)82)4-58-22-24-62(38(58)86)8-66-26-28-70(42(66)90)12-74-30-32-78(46(74)94)15-77-31-29-73(45(77)93)11-69-27-25-65(41(69)89)7-61-23-21-57(37(61)85)3-53(33)19-17(49)51-2-52(18)36(84)56(20)6-60(22)40(88)64(24)10-68(26)44(92)72(28)14-76(30)48(96)80(32)16-79(31)47(95)75(29)13-71(27)43(91)67(25)9-63(23)39(87)59(21)5-55(19)35(51)83;1-13-7-3-11(4-8-13)12-5-9-14(2)10-6-12;;/h17-32H,1-16H2;3-10H,1-2H3;2*1H/q;+2;;/p-2. The van der Waals surface area contributed by atoms with Gasteiger partial charge in [0.15, 0.2) is 123 Å². The van der Waals surface area contributed by atoms with Crippen molar-refractivity contribution in [2.45, 2.75) is 98.7 Å². The Balaban J connectivity index is 0.000000413. The van der Waals surface area contributed by atoms with Gasteiger partial charge in [-0.25, -0.2) is 85.8 Å². The molecular formula is C60H62Cl2N34O16. The predicted octanol–water partition coefficient (Wildman–Crippen LogP) is -12.5. The molecule has 24 aliphatic heterocycles. The zero-order chi connectivity index (χ0) is 74.2. The molecule has 0 spiro atoms. The van der Waals surface area contributed by atoms with Crippen LogP contribution < -0.4 is 33.9 Å². The van der Waals surface area contributed by atoms with Gasteiger partial charge in [-0.05, 0) is 11.1 Å². The van der Waals surface area contributed by atoms with E-state index < -0.39 is 302 Å². The van der Waals surface area contributed by atoms with Crippen molar-refractivity contribution in [2.24, 2.45) is 14.1 Å². The lowest BCUT2D eigenvalue weighted by Gasteiger charge is -2.42. The summed E-state index contributed by atoms with van der Waals surface area (Å²) in [6.07, 6.45) is -12.2. The van der Waals surface area contributed by atoms with Gasteiger partial charge in [-0.3, -0.25) is 157 Å². The molecule has 0 atom stereocenters. The van der Waals surface area contributed by atoms with E-state index in [9.17, 15) is 0 Å². The van der Waals surface area contributed by atoms with Crippen molar-refractivity contribution in [1.82, 2.24) is 157 Å². The van der Waals surface area contributed by atoms with Crippen molar-refractivity contribution in [3.05, 3.63) is 49.1 Å². The van der Waals surface area contributed by atoms with Crippen LogP contribution in [0.2, 0.25) is 0 Å². The van der Waals surface area contributed by atoms with Gasteiger partial charge in [-0.1, -0.05) is 0 Å². The number of aromatic nitrogens is 2. The average molecular weight is 1590 g/mol. The van der Waals surface area contributed by atoms with Crippen molar-refractivity contribution in [1.29, 1.82) is 0 Å². The molecule has 112 heavy (non-hydrogen) atoms. The number of rotatable bonds is 1. The van der Waals surface area contributed by atoms with Gasteiger partial charge in [0, 0.05) is 24.3 Å². The minimum absolute atomic E-state index is 0. The fourth-order valence-corrected chi connectivity index (χ4v) is 22.7. The van der Waals surface area contributed by atoms with E-state index in [1.54, 1.807) is 0 Å². The molecule has 26 heterocycles. The number of amides is 32. The largest absolute Gasteiger partial charge is 1.00 e. The van der Waals surface area contributed by atoms with Crippen LogP contribution >= 0.6 is 0 Å². The Morgan fingerprint density at radius 2 is 0.241 bits per heavy atom. The van der Waals surface area contributed by atoms with Gasteiger partial charge >= 0.3 is 96.5 Å². The molecule has 52 heteroatoms. The van der Waals surface area contributed by atoms with Crippen LogP contribution in [0, 0.1) is 0 Å². The van der Waals surface area contributed by atoms with E-state index in [1.165, 1.54) is 168 Å². The van der Waals surface area contributed by atoms with E-state index in [1.807, 2.05) is 23.2 Å². The van der Waals surface area contributed by atoms with Crippen LogP contribution in [-0.4, -0.2) is 459 Å². The first-order valence-electron chi connectivity index (χ1n) is 36.1. The van der Waals surface area contributed by atoms with Gasteiger partial charge in [-0.15, -0.1) is 0 Å². The molecule has 24 fully saturated rings. The van der Waals surface area contributed by atoms with Crippen LogP contribution in [0.25, 0.3) is 11.1 Å². The molecule has 582 valence electrons. The molecule has 26 rings (SSSR count). The fourth-order valence-electron chi connectivity index (χ4n) is 22.7. The van der Waals surface area contributed by atoms with Gasteiger partial charge in [0.05, 0.1) is 0 Å². The van der Waals surface area contributed by atoms with Crippen molar-refractivity contribution < 1.29 is 111 Å². The summed E-state index contributed by atoms with van der Waals surface area (Å²) in [5.74, 6) is 0. The Kier molecular flexibility index (Phi) is 11.5. The maximum absolute atomic E-state index is 15.5. The molecule has 0 bridgehead atoms. The first-order chi connectivity index (χ1) is 53.1. The lowest BCUT2D eigenvalue weighted by molar-refractivity contribution is -0.671. The van der Waals surface area contributed by atoms with Crippen molar-refractivity contribution >= 4 is 96.5 Å². The molecular weight excluding hydrogens is 1520 g/mol. The second-order valence-electron chi connectivity index (χ2n) is 31.9. The van der Waals surface area contributed by atoms with Gasteiger partial charge in [0.2, 0.25) is 0 Å². The summed E-state index contributed by atoms with van der Waals surface area (Å²) in [6, 6.07) is -3.41. The first kappa shape index (κ1) is 64.1. The lowest BCUT2D eigenvalue weighted by atomic mass is 10.1. The van der Waals surface area contributed by atoms with Crippen LogP contribution in [0.3, 0.4) is 0 Å². The molecule has 0 unspecified atom stereocenters. The summed E-state index contributed by atoms with van der Waals surface area (Å²) < 4.78 is 4.07. The van der Waals surface area contributed by atoms with Gasteiger partial charge in [-0.2, -0.15) is 0 Å². The summed E-state index contributed by atoms with van der Waals surface area (Å²) in [5, 5.41) is 0. The second-order valence-corrected chi connectivity index (χ2v) is 31.9. The predicted molar refractivity (Wildman–Crippen MR) is 338 cm³/mol. The maximum Gasteiger partial charge on any atom is 0.326 e. The summed E-state index contributed by atoms with van der Waals surface area (Å²) in [4.78, 5) is 289. The number of urea groups is 16. The fraction of sp³-hybridized carbons (Fsp3) is 0.567. The van der Waals surface area contributed by atoms with Crippen LogP contribution in [0.1, 0.15) is 0 Å². The highest BCUT2D eigenvalue weighted by molar-refractivity contribution is 5.96. The minimum atomic E-state index is -1.28. The zero-order valence-electron chi connectivity index (χ0n) is 58.7. The highest BCUT2D eigenvalue weighted by atomic mass is 35.5. The molecule has 0 saturated carbocycles. The maximum atomic E-state index is 15.5. The quantitative estimate of drug-likeness (QED) is 0.239. The molecule has 2 aromatic heterocycles. The molecule has 24 saturated heterocycles. The Morgan fingerprint density at radius 3 is 0.312 bits per heavy atom. The van der Waals surface area contributed by atoms with E-state index in [0.29, 0.717) is 0 Å². The van der Waals surface area contributed by atoms with Crippen LogP contribution in [0.15, 0.2) is 49.1 Å². The zero-order valence-corrected chi connectivity index (χ0v) is 60.2. The SMILES string of the molecule is C[n+]1ccc(-c2cc[n+](C)cc2)cc1.O=C1N2CN3C(=O)N4CN5C(=O)N6CN7C(=O)N8CN9C(=O)N%10CN%11C(=O)N%12CN%13C(=O)N%14CN%15C(=O)N%16CN1C1C2N2CN%17C(=O)N(CN%18C(=O)N(CN%19C(=O)N(CN%20C(=O)N(CN%21C(=O)N(CN%22C(=O)N(CN%23C(=O)N(CN1C2=O)C%16C%15%23)C%14C%13%22)C%12C%11%21)C%10C9%20)C8C7%19)C6C5%18)C4C3%17.[Cl-].[Cl-]. The number of halogens is 2. The average Bonchev–Trinajstić information content (AvgIpc) is 1.52. The van der Waals surface area contributed by atoms with Crippen LogP contribution in [0.5, 0.6) is 0 Å². The molecule has 0 N–H and O–H groups in total. The third kappa shape index (κ3) is 6.82. The monoisotopic (exact) mass is 1580 g/mol. The van der Waals surface area contributed by atoms with Gasteiger partial charge in [0.1, 0.15) is 121 Å². The number of hydrogen-bond acceptors (Lipinski definition) is 16. The Morgan fingerprint density at radius 1 is 0.170 bits per heavy atom. The van der Waals surface area contributed by atoms with E-state index in [2.05, 4.69) is 49.1 Å². The van der Waals surface area contributed by atoms with Gasteiger partial charge in [0.25, 0.3) is 0 Å². The van der Waals surface area contributed by atoms with Crippen LogP contribution in [-0.2, 0) is 14.1 Å². The smallest absolute Gasteiger partial charge is 0.326 e. The number of carbonyl (C=O) groups excluding carboxylic acids is 16. The Bertz CT molecular complexity index is 3710. The molecule has 0 aliphatic carbocycles. The van der Waals surface area contributed by atoms with Crippen molar-refractivity contribution in [3.63, 3.8) is 0 Å². The number of hydrogen-bond donors (Lipinski definition) is 0. The summed E-state index contributed by atoms with van der Waals surface area (Å²) >= 11 is 0. The van der Waals surface area contributed by atoms with E-state index in [-0.39, 0.29) is 24.8 Å². The third-order valence-electron chi connectivity index (χ3n) is 27.4. The summed E-state index contributed by atoms with van der Waals surface area (Å²) in [5.41, 5.74) is 2.51. The molecule has 2 aromatic rings. The number of aryl methyl sites for hydroxylation is 2. The van der Waals surface area contributed by atoms with Crippen molar-refractivity contribution in [3.8, 4) is 11.1 Å². The topological polar surface area (TPSA) is 385 Å². The summed E-state index contributed by atoms with van der Waals surface area (Å²) in [7, 11) is 4.05. The van der Waals surface area contributed by atoms with E-state index >= 15 is 76.7 Å². The highest BCUT2D eigenvalue weighted by Gasteiger charge is 2.78. The van der Waals surface area contributed by atoms with Crippen molar-refractivity contribution in [2.75, 3.05) is 107 Å². The Labute approximate surface area is 641 Å². The number of nitrogens with zero attached hydrogens (tertiary/aromatic N) is 34. The van der Waals surface area contributed by atoms with E-state index in [4.69, 9.17) is 0 Å². The number of carbonyl (C=O) groups is 16. The normalized spacial score (nSPS) is 35.8. The summed E-state index contributed by atoms with van der Waals surface area (Å²) in [6.45, 7) is -8.88. The first-order valence-corrected chi connectivity index (χ1v) is 36.1. The third-order valence-corrected chi connectivity index (χ3v) is 27.4. The highest BCUT2D eigenvalue weighted by Crippen LogP contribution is 2.54. The minimum Gasteiger partial charge on any atom is -1.00 e. The van der Waals surface area contributed by atoms with E-state index in [0.717, 1.165) is 0 Å². The van der Waals surface area contributed by atoms with Gasteiger partial charge < -0.3 is 24.8 Å². The lowest BCUT2D eigenvalue weighted by Crippen LogP contribution is -3.00. The second kappa shape index (κ2) is 20.0.